The summed E-state index contributed by atoms with van der Waals surface area (Å²) >= 11 is 6.07. The van der Waals surface area contributed by atoms with Gasteiger partial charge in [0.15, 0.2) is 0 Å². The molecule has 0 bridgehead atoms. The first-order valence-corrected chi connectivity index (χ1v) is 10.0. The van der Waals surface area contributed by atoms with Crippen molar-refractivity contribution in [3.63, 3.8) is 0 Å². The predicted octanol–water partition coefficient (Wildman–Crippen LogP) is 4.07. The van der Waals surface area contributed by atoms with Gasteiger partial charge in [-0.25, -0.2) is 4.39 Å². The van der Waals surface area contributed by atoms with E-state index in [1.807, 2.05) is 4.90 Å². The van der Waals surface area contributed by atoms with Crippen LogP contribution in [-0.2, 0) is 24.2 Å². The van der Waals surface area contributed by atoms with Gasteiger partial charge in [-0.15, -0.1) is 0 Å². The molecule has 1 amide bonds. The highest BCUT2D eigenvalue weighted by Crippen LogP contribution is 2.25. The Hall–Kier alpha value is -1.91. The second kappa shape index (κ2) is 7.99. The summed E-state index contributed by atoms with van der Waals surface area (Å²) in [6.07, 6.45) is 2.74. The Kier molecular flexibility index (Phi) is 5.46. The Balaban J connectivity index is 1.32. The maximum atomic E-state index is 13.9. The third-order valence-electron chi connectivity index (χ3n) is 5.84. The van der Waals surface area contributed by atoms with E-state index in [1.54, 1.807) is 12.1 Å². The van der Waals surface area contributed by atoms with Gasteiger partial charge in [-0.1, -0.05) is 41.9 Å². The third kappa shape index (κ3) is 4.02. The molecule has 27 heavy (non-hydrogen) atoms. The highest BCUT2D eigenvalue weighted by atomic mass is 35.5. The third-order valence-corrected chi connectivity index (χ3v) is 6.20. The van der Waals surface area contributed by atoms with Crippen LogP contribution in [0.25, 0.3) is 0 Å². The lowest BCUT2D eigenvalue weighted by atomic mass is 9.98. The lowest BCUT2D eigenvalue weighted by Crippen LogP contribution is -2.41. The summed E-state index contributed by atoms with van der Waals surface area (Å²) in [5.41, 5.74) is 3.29. The van der Waals surface area contributed by atoms with Gasteiger partial charge in [-0.05, 0) is 42.5 Å². The van der Waals surface area contributed by atoms with Crippen LogP contribution in [0.1, 0.15) is 29.5 Å². The molecular formula is C22H24ClFN2O. The number of hydrogen-bond donors (Lipinski definition) is 0. The molecule has 0 saturated carbocycles. The molecule has 1 unspecified atom stereocenters. The van der Waals surface area contributed by atoms with Crippen molar-refractivity contribution in [1.29, 1.82) is 0 Å². The average molecular weight is 387 g/mol. The van der Waals surface area contributed by atoms with Crippen molar-refractivity contribution in [1.82, 2.24) is 9.80 Å². The standard InChI is InChI=1S/C22H24ClFN2O/c23-20-6-3-7-21(24)19(20)8-9-22(27)26-13-11-18(15-26)25-12-10-16-4-1-2-5-17(16)14-25/h1-7,18H,8-15H2. The first-order valence-electron chi connectivity index (χ1n) is 9.63. The number of carbonyl (C=O) groups excluding carboxylic acids is 1. The van der Waals surface area contributed by atoms with E-state index in [4.69, 9.17) is 11.6 Å². The minimum Gasteiger partial charge on any atom is -0.341 e. The highest BCUT2D eigenvalue weighted by molar-refractivity contribution is 6.31. The molecule has 0 N–H and O–H groups in total. The Morgan fingerprint density at radius 1 is 1.11 bits per heavy atom. The first-order chi connectivity index (χ1) is 13.1. The minimum atomic E-state index is -0.332. The van der Waals surface area contributed by atoms with Crippen LogP contribution >= 0.6 is 11.6 Å². The Bertz CT molecular complexity index is 821. The van der Waals surface area contributed by atoms with E-state index in [0.29, 0.717) is 29.5 Å². The average Bonchev–Trinajstić information content (AvgIpc) is 3.17. The van der Waals surface area contributed by atoms with E-state index in [-0.39, 0.29) is 11.7 Å². The quantitative estimate of drug-likeness (QED) is 0.790. The minimum absolute atomic E-state index is 0.0919. The molecule has 2 heterocycles. The van der Waals surface area contributed by atoms with Gasteiger partial charge in [0.05, 0.1) is 0 Å². The molecule has 1 atom stereocenters. The van der Waals surface area contributed by atoms with E-state index in [2.05, 4.69) is 29.2 Å². The molecule has 3 nitrogen and oxygen atoms in total. The summed E-state index contributed by atoms with van der Waals surface area (Å²) in [5, 5.41) is 0.397. The van der Waals surface area contributed by atoms with Crippen molar-refractivity contribution >= 4 is 17.5 Å². The van der Waals surface area contributed by atoms with Gasteiger partial charge in [0.25, 0.3) is 0 Å². The van der Waals surface area contributed by atoms with Crippen molar-refractivity contribution in [3.05, 3.63) is 70.0 Å². The molecule has 1 fully saturated rings. The van der Waals surface area contributed by atoms with Crippen LogP contribution in [0.4, 0.5) is 4.39 Å². The zero-order valence-electron chi connectivity index (χ0n) is 15.3. The summed E-state index contributed by atoms with van der Waals surface area (Å²) in [6, 6.07) is 13.7. The molecule has 0 spiro atoms. The Morgan fingerprint density at radius 2 is 1.93 bits per heavy atom. The molecular weight excluding hydrogens is 363 g/mol. The van der Waals surface area contributed by atoms with Crippen LogP contribution < -0.4 is 0 Å². The predicted molar refractivity (Wildman–Crippen MR) is 105 cm³/mol. The first kappa shape index (κ1) is 18.5. The fourth-order valence-electron chi connectivity index (χ4n) is 4.26. The van der Waals surface area contributed by atoms with Crippen molar-refractivity contribution in [2.45, 2.75) is 38.3 Å². The van der Waals surface area contributed by atoms with Crippen molar-refractivity contribution < 1.29 is 9.18 Å². The number of hydrogen-bond acceptors (Lipinski definition) is 2. The van der Waals surface area contributed by atoms with Crippen LogP contribution in [0, 0.1) is 5.82 Å². The lowest BCUT2D eigenvalue weighted by Gasteiger charge is -2.33. The van der Waals surface area contributed by atoms with Gasteiger partial charge >= 0.3 is 0 Å². The molecule has 5 heteroatoms. The lowest BCUT2D eigenvalue weighted by molar-refractivity contribution is -0.130. The molecule has 4 rings (SSSR count). The number of nitrogens with zero attached hydrogens (tertiary/aromatic N) is 2. The zero-order chi connectivity index (χ0) is 18.8. The van der Waals surface area contributed by atoms with E-state index < -0.39 is 0 Å². The normalized spacial score (nSPS) is 19.9. The molecule has 2 aliphatic rings. The highest BCUT2D eigenvalue weighted by Gasteiger charge is 2.31. The summed E-state index contributed by atoms with van der Waals surface area (Å²) < 4.78 is 13.9. The largest absolute Gasteiger partial charge is 0.341 e. The Labute approximate surface area is 164 Å². The van der Waals surface area contributed by atoms with Gasteiger partial charge < -0.3 is 4.90 Å². The van der Waals surface area contributed by atoms with Crippen LogP contribution in [0.15, 0.2) is 42.5 Å². The Morgan fingerprint density at radius 3 is 2.74 bits per heavy atom. The van der Waals surface area contributed by atoms with Gasteiger partial charge in [0.2, 0.25) is 5.91 Å². The van der Waals surface area contributed by atoms with Crippen molar-refractivity contribution in [2.24, 2.45) is 0 Å². The maximum Gasteiger partial charge on any atom is 0.222 e. The van der Waals surface area contributed by atoms with Gasteiger partial charge in [0, 0.05) is 49.2 Å². The van der Waals surface area contributed by atoms with Crippen LogP contribution in [-0.4, -0.2) is 41.4 Å². The van der Waals surface area contributed by atoms with E-state index in [0.717, 1.165) is 39.0 Å². The van der Waals surface area contributed by atoms with E-state index in [1.165, 1.54) is 17.2 Å². The molecule has 0 aliphatic carbocycles. The molecule has 0 aromatic heterocycles. The van der Waals surface area contributed by atoms with Crippen molar-refractivity contribution in [2.75, 3.05) is 19.6 Å². The molecule has 142 valence electrons. The smallest absolute Gasteiger partial charge is 0.222 e. The summed E-state index contributed by atoms with van der Waals surface area (Å²) in [6.45, 7) is 3.57. The summed E-state index contributed by atoms with van der Waals surface area (Å²) in [5.74, 6) is -0.240. The monoisotopic (exact) mass is 386 g/mol. The van der Waals surface area contributed by atoms with Gasteiger partial charge in [-0.2, -0.15) is 0 Å². The van der Waals surface area contributed by atoms with Gasteiger partial charge in [-0.3, -0.25) is 9.69 Å². The van der Waals surface area contributed by atoms with Crippen LogP contribution in [0.3, 0.4) is 0 Å². The zero-order valence-corrected chi connectivity index (χ0v) is 16.1. The fourth-order valence-corrected chi connectivity index (χ4v) is 4.51. The molecule has 2 aliphatic heterocycles. The van der Waals surface area contributed by atoms with E-state index in [9.17, 15) is 9.18 Å². The number of fused-ring (bicyclic) bond motifs is 1. The number of amides is 1. The maximum absolute atomic E-state index is 13.9. The number of carbonyl (C=O) groups is 1. The number of likely N-dealkylation sites (tertiary alicyclic amines) is 1. The van der Waals surface area contributed by atoms with Gasteiger partial charge in [0.1, 0.15) is 5.82 Å². The molecule has 0 radical (unpaired) electrons. The second-order valence-electron chi connectivity index (χ2n) is 7.47. The molecule has 2 aromatic carbocycles. The number of halogens is 2. The van der Waals surface area contributed by atoms with Crippen molar-refractivity contribution in [3.8, 4) is 0 Å². The van der Waals surface area contributed by atoms with Crippen LogP contribution in [0.2, 0.25) is 5.02 Å². The SMILES string of the molecule is O=C(CCc1c(F)cccc1Cl)N1CCC(N2CCc3ccccc3C2)C1. The number of rotatable bonds is 4. The second-order valence-corrected chi connectivity index (χ2v) is 7.88. The van der Waals surface area contributed by atoms with Crippen LogP contribution in [0.5, 0.6) is 0 Å². The molecule has 1 saturated heterocycles. The fraction of sp³-hybridized carbons (Fsp3) is 0.409. The molecule has 2 aromatic rings. The number of benzene rings is 2. The van der Waals surface area contributed by atoms with E-state index >= 15 is 0 Å². The topological polar surface area (TPSA) is 23.6 Å². The summed E-state index contributed by atoms with van der Waals surface area (Å²) in [4.78, 5) is 17.0. The summed E-state index contributed by atoms with van der Waals surface area (Å²) in [7, 11) is 0.